The molecule has 0 fully saturated rings. The Morgan fingerprint density at radius 2 is 2.21 bits per heavy atom. The minimum Gasteiger partial charge on any atom is -0.472 e. The van der Waals surface area contributed by atoms with E-state index < -0.39 is 0 Å². The fraction of sp³-hybridized carbons (Fsp3) is 0.667. The van der Waals surface area contributed by atoms with Gasteiger partial charge in [-0.05, 0) is 12.5 Å². The van der Waals surface area contributed by atoms with Gasteiger partial charge in [-0.2, -0.15) is 0 Å². The van der Waals surface area contributed by atoms with E-state index in [0.717, 1.165) is 0 Å². The smallest absolute Gasteiger partial charge is 0.0950 e. The first-order valence-electron chi connectivity index (χ1n) is 5.52. The van der Waals surface area contributed by atoms with Gasteiger partial charge in [-0.15, -0.1) is 0 Å². The van der Waals surface area contributed by atoms with Gasteiger partial charge in [0.15, 0.2) is 0 Å². The summed E-state index contributed by atoms with van der Waals surface area (Å²) in [5, 5.41) is 3.56. The summed E-state index contributed by atoms with van der Waals surface area (Å²) < 4.78 is 5.12. The van der Waals surface area contributed by atoms with Crippen molar-refractivity contribution in [2.75, 3.05) is 0 Å². The zero-order chi connectivity index (χ0) is 10.4. The van der Waals surface area contributed by atoms with E-state index in [1.165, 1.54) is 24.8 Å². The molecule has 0 saturated carbocycles. The van der Waals surface area contributed by atoms with Gasteiger partial charge in [-0.25, -0.2) is 0 Å². The molecule has 14 heavy (non-hydrogen) atoms. The SMILES string of the molecule is CCCCC(NC(C)C)c1ccoc1. The van der Waals surface area contributed by atoms with E-state index in [1.807, 2.05) is 6.26 Å². The van der Waals surface area contributed by atoms with Crippen LogP contribution in [-0.2, 0) is 0 Å². The Labute approximate surface area is 86.7 Å². The van der Waals surface area contributed by atoms with Crippen molar-refractivity contribution < 1.29 is 4.42 Å². The van der Waals surface area contributed by atoms with Crippen LogP contribution in [-0.4, -0.2) is 6.04 Å². The molecule has 2 heteroatoms. The fourth-order valence-electron chi connectivity index (χ4n) is 1.63. The lowest BCUT2D eigenvalue weighted by molar-refractivity contribution is 0.435. The molecule has 1 rings (SSSR count). The van der Waals surface area contributed by atoms with Crippen molar-refractivity contribution in [2.45, 2.75) is 52.1 Å². The molecule has 1 heterocycles. The van der Waals surface area contributed by atoms with Gasteiger partial charge in [0.05, 0.1) is 12.5 Å². The van der Waals surface area contributed by atoms with Crippen LogP contribution in [0, 0.1) is 0 Å². The van der Waals surface area contributed by atoms with E-state index in [9.17, 15) is 0 Å². The molecule has 0 saturated heterocycles. The summed E-state index contributed by atoms with van der Waals surface area (Å²) in [5.41, 5.74) is 1.27. The molecule has 1 atom stereocenters. The number of unbranched alkanes of at least 4 members (excludes halogenated alkanes) is 1. The van der Waals surface area contributed by atoms with Crippen LogP contribution < -0.4 is 5.32 Å². The maximum Gasteiger partial charge on any atom is 0.0950 e. The minimum absolute atomic E-state index is 0.452. The monoisotopic (exact) mass is 195 g/mol. The van der Waals surface area contributed by atoms with Crippen LogP contribution in [0.2, 0.25) is 0 Å². The average Bonchev–Trinajstić information content (AvgIpc) is 2.64. The summed E-state index contributed by atoms with van der Waals surface area (Å²) in [6.07, 6.45) is 7.28. The second-order valence-corrected chi connectivity index (χ2v) is 4.07. The maximum atomic E-state index is 5.12. The van der Waals surface area contributed by atoms with Gasteiger partial charge >= 0.3 is 0 Å². The molecule has 2 nitrogen and oxygen atoms in total. The largest absolute Gasteiger partial charge is 0.472 e. The highest BCUT2D eigenvalue weighted by Crippen LogP contribution is 2.20. The minimum atomic E-state index is 0.452. The van der Waals surface area contributed by atoms with Crippen molar-refractivity contribution in [1.82, 2.24) is 5.32 Å². The molecule has 1 aromatic heterocycles. The lowest BCUT2D eigenvalue weighted by Crippen LogP contribution is -2.27. The summed E-state index contributed by atoms with van der Waals surface area (Å²) in [7, 11) is 0. The van der Waals surface area contributed by atoms with Crippen LogP contribution >= 0.6 is 0 Å². The Bertz CT molecular complexity index is 228. The highest BCUT2D eigenvalue weighted by atomic mass is 16.3. The van der Waals surface area contributed by atoms with Gasteiger partial charge < -0.3 is 9.73 Å². The van der Waals surface area contributed by atoms with Crippen molar-refractivity contribution in [3.63, 3.8) is 0 Å². The molecule has 80 valence electrons. The first kappa shape index (κ1) is 11.3. The van der Waals surface area contributed by atoms with Gasteiger partial charge in [-0.1, -0.05) is 33.6 Å². The third kappa shape index (κ3) is 3.54. The number of hydrogen-bond donors (Lipinski definition) is 1. The Morgan fingerprint density at radius 1 is 1.43 bits per heavy atom. The summed E-state index contributed by atoms with van der Waals surface area (Å²) in [6.45, 7) is 6.58. The van der Waals surface area contributed by atoms with Crippen LogP contribution in [0.5, 0.6) is 0 Å². The predicted molar refractivity (Wildman–Crippen MR) is 59.2 cm³/mol. The zero-order valence-electron chi connectivity index (χ0n) is 9.42. The number of hydrogen-bond acceptors (Lipinski definition) is 2. The third-order valence-electron chi connectivity index (χ3n) is 2.33. The molecule has 0 radical (unpaired) electrons. The topological polar surface area (TPSA) is 25.2 Å². The molecular weight excluding hydrogens is 174 g/mol. The van der Waals surface area contributed by atoms with Crippen molar-refractivity contribution in [1.29, 1.82) is 0 Å². The highest BCUT2D eigenvalue weighted by Gasteiger charge is 2.12. The van der Waals surface area contributed by atoms with Crippen LogP contribution in [0.1, 0.15) is 51.6 Å². The summed E-state index contributed by atoms with van der Waals surface area (Å²) in [4.78, 5) is 0. The maximum absolute atomic E-state index is 5.12. The van der Waals surface area contributed by atoms with Crippen molar-refractivity contribution in [2.24, 2.45) is 0 Å². The standard InChI is InChI=1S/C12H21NO/c1-4-5-6-12(13-10(2)3)11-7-8-14-9-11/h7-10,12-13H,4-6H2,1-3H3. The van der Waals surface area contributed by atoms with E-state index in [4.69, 9.17) is 4.42 Å². The molecule has 0 spiro atoms. The molecule has 0 bridgehead atoms. The second kappa shape index (κ2) is 5.86. The summed E-state index contributed by atoms with van der Waals surface area (Å²) in [6, 6.07) is 3.02. The molecule has 0 aliphatic rings. The van der Waals surface area contributed by atoms with Crippen LogP contribution in [0.25, 0.3) is 0 Å². The Hall–Kier alpha value is -0.760. The van der Waals surface area contributed by atoms with Crippen molar-refractivity contribution in [3.8, 4) is 0 Å². The molecular formula is C12H21NO. The predicted octanol–water partition coefficient (Wildman–Crippen LogP) is 3.51. The van der Waals surface area contributed by atoms with Crippen LogP contribution in [0.3, 0.4) is 0 Å². The van der Waals surface area contributed by atoms with Crippen LogP contribution in [0.4, 0.5) is 0 Å². The number of furan rings is 1. The molecule has 0 aromatic carbocycles. The van der Waals surface area contributed by atoms with Crippen molar-refractivity contribution in [3.05, 3.63) is 24.2 Å². The number of rotatable bonds is 6. The van der Waals surface area contributed by atoms with Gasteiger partial charge in [-0.3, -0.25) is 0 Å². The Balaban J connectivity index is 2.53. The van der Waals surface area contributed by atoms with Gasteiger partial charge in [0.2, 0.25) is 0 Å². The van der Waals surface area contributed by atoms with E-state index >= 15 is 0 Å². The molecule has 1 N–H and O–H groups in total. The zero-order valence-corrected chi connectivity index (χ0v) is 9.42. The highest BCUT2D eigenvalue weighted by molar-refractivity contribution is 5.11. The molecule has 0 aliphatic carbocycles. The summed E-state index contributed by atoms with van der Waals surface area (Å²) >= 11 is 0. The Morgan fingerprint density at radius 3 is 2.71 bits per heavy atom. The van der Waals surface area contributed by atoms with Crippen LogP contribution in [0.15, 0.2) is 23.0 Å². The van der Waals surface area contributed by atoms with E-state index in [0.29, 0.717) is 12.1 Å². The number of nitrogens with one attached hydrogen (secondary N) is 1. The second-order valence-electron chi connectivity index (χ2n) is 4.07. The average molecular weight is 195 g/mol. The normalized spacial score (nSPS) is 13.4. The molecule has 0 amide bonds. The first-order valence-corrected chi connectivity index (χ1v) is 5.52. The van der Waals surface area contributed by atoms with Gasteiger partial charge in [0, 0.05) is 17.6 Å². The lowest BCUT2D eigenvalue weighted by Gasteiger charge is -2.19. The molecule has 1 aromatic rings. The van der Waals surface area contributed by atoms with Gasteiger partial charge in [0.1, 0.15) is 0 Å². The van der Waals surface area contributed by atoms with Gasteiger partial charge in [0.25, 0.3) is 0 Å². The van der Waals surface area contributed by atoms with E-state index in [2.05, 4.69) is 32.2 Å². The van der Waals surface area contributed by atoms with E-state index in [1.54, 1.807) is 6.26 Å². The quantitative estimate of drug-likeness (QED) is 0.751. The molecule has 0 aliphatic heterocycles. The van der Waals surface area contributed by atoms with Crippen molar-refractivity contribution >= 4 is 0 Å². The summed E-state index contributed by atoms with van der Waals surface area (Å²) in [5.74, 6) is 0. The molecule has 1 unspecified atom stereocenters. The van der Waals surface area contributed by atoms with E-state index in [-0.39, 0.29) is 0 Å². The fourth-order valence-corrected chi connectivity index (χ4v) is 1.63. The Kier molecular flexibility index (Phi) is 4.74. The first-order chi connectivity index (χ1) is 6.74. The lowest BCUT2D eigenvalue weighted by atomic mass is 10.0. The third-order valence-corrected chi connectivity index (χ3v) is 2.33.